The monoisotopic (exact) mass is 392 g/mol. The van der Waals surface area contributed by atoms with Gasteiger partial charge >= 0.3 is 0 Å². The van der Waals surface area contributed by atoms with E-state index in [4.69, 9.17) is 0 Å². The van der Waals surface area contributed by atoms with E-state index in [0.29, 0.717) is 0 Å². The lowest BCUT2D eigenvalue weighted by atomic mass is 10.3. The molecule has 6 nitrogen and oxygen atoms in total. The molecule has 0 aliphatic carbocycles. The van der Waals surface area contributed by atoms with Crippen molar-refractivity contribution in [3.05, 3.63) is 47.1 Å². The molecule has 0 radical (unpaired) electrons. The van der Waals surface area contributed by atoms with Crippen molar-refractivity contribution in [2.24, 2.45) is 0 Å². The van der Waals surface area contributed by atoms with Gasteiger partial charge < -0.3 is 0 Å². The Morgan fingerprint density at radius 2 is 1.71 bits per heavy atom. The summed E-state index contributed by atoms with van der Waals surface area (Å²) in [6.45, 7) is 1.58. The summed E-state index contributed by atoms with van der Waals surface area (Å²) < 4.78 is 64.6. The van der Waals surface area contributed by atoms with Crippen molar-refractivity contribution in [2.45, 2.75) is 11.1 Å². The number of benzene rings is 1. The fourth-order valence-electron chi connectivity index (χ4n) is 2.00. The number of anilines is 1. The molecule has 1 aromatic carbocycles. The molecular weight excluding hydrogens is 375 g/mol. The molecule has 1 heterocycles. The van der Waals surface area contributed by atoms with Crippen LogP contribution in [-0.4, -0.2) is 36.2 Å². The molecule has 0 aliphatic rings. The van der Waals surface area contributed by atoms with Gasteiger partial charge in [-0.15, -0.1) is 11.3 Å². The van der Waals surface area contributed by atoms with Crippen LogP contribution in [0.4, 0.5) is 10.1 Å². The van der Waals surface area contributed by atoms with E-state index in [1.807, 2.05) is 0 Å². The highest BCUT2D eigenvalue weighted by atomic mass is 32.2. The van der Waals surface area contributed by atoms with Crippen molar-refractivity contribution in [3.8, 4) is 0 Å². The van der Waals surface area contributed by atoms with Crippen LogP contribution < -0.4 is 9.03 Å². The first-order valence-electron chi connectivity index (χ1n) is 6.89. The van der Waals surface area contributed by atoms with Gasteiger partial charge in [-0.05, 0) is 43.3 Å². The van der Waals surface area contributed by atoms with Gasteiger partial charge in [0, 0.05) is 18.0 Å². The van der Waals surface area contributed by atoms with Crippen molar-refractivity contribution < 1.29 is 21.2 Å². The Bertz CT molecular complexity index is 906. The number of halogens is 1. The normalized spacial score (nSPS) is 12.3. The van der Waals surface area contributed by atoms with E-state index in [1.165, 1.54) is 18.2 Å². The molecule has 24 heavy (non-hydrogen) atoms. The molecule has 0 unspecified atom stereocenters. The average Bonchev–Trinajstić information content (AvgIpc) is 2.91. The molecule has 0 fully saturated rings. The SMILES string of the molecule is Cc1ccc(S(=O)(=O)NCCN(c2ccc(F)cc2)S(C)(=O)=O)s1. The Morgan fingerprint density at radius 3 is 2.21 bits per heavy atom. The third-order valence-electron chi connectivity index (χ3n) is 3.10. The molecule has 2 aromatic rings. The van der Waals surface area contributed by atoms with E-state index in [1.54, 1.807) is 13.0 Å². The van der Waals surface area contributed by atoms with E-state index in [9.17, 15) is 21.2 Å². The molecular formula is C14H17FN2O4S3. The number of rotatable bonds is 7. The fourth-order valence-corrected chi connectivity index (χ4v) is 5.28. The summed E-state index contributed by atoms with van der Waals surface area (Å²) >= 11 is 1.13. The van der Waals surface area contributed by atoms with Crippen LogP contribution in [0.2, 0.25) is 0 Å². The van der Waals surface area contributed by atoms with Crippen molar-refractivity contribution in [1.82, 2.24) is 4.72 Å². The highest BCUT2D eigenvalue weighted by Gasteiger charge is 2.20. The minimum Gasteiger partial charge on any atom is -0.269 e. The van der Waals surface area contributed by atoms with Crippen molar-refractivity contribution in [3.63, 3.8) is 0 Å². The first-order chi connectivity index (χ1) is 11.1. The largest absolute Gasteiger partial charge is 0.269 e. The number of aryl methyl sites for hydroxylation is 1. The number of hydrogen-bond donors (Lipinski definition) is 1. The predicted molar refractivity (Wildman–Crippen MR) is 92.8 cm³/mol. The van der Waals surface area contributed by atoms with Gasteiger partial charge in [-0.3, -0.25) is 4.31 Å². The summed E-state index contributed by atoms with van der Waals surface area (Å²) in [5.74, 6) is -0.485. The van der Waals surface area contributed by atoms with Gasteiger partial charge in [-0.2, -0.15) is 0 Å². The average molecular weight is 392 g/mol. The lowest BCUT2D eigenvalue weighted by Gasteiger charge is -2.22. The second-order valence-electron chi connectivity index (χ2n) is 5.07. The molecule has 0 atom stereocenters. The van der Waals surface area contributed by atoms with Crippen LogP contribution in [0.15, 0.2) is 40.6 Å². The Balaban J connectivity index is 2.10. The van der Waals surface area contributed by atoms with Crippen LogP contribution in [0.25, 0.3) is 0 Å². The van der Waals surface area contributed by atoms with Crippen LogP contribution in [-0.2, 0) is 20.0 Å². The highest BCUT2D eigenvalue weighted by Crippen LogP contribution is 2.21. The first kappa shape index (κ1) is 18.8. The fraction of sp³-hybridized carbons (Fsp3) is 0.286. The Morgan fingerprint density at radius 1 is 1.08 bits per heavy atom. The van der Waals surface area contributed by atoms with Gasteiger partial charge in [0.25, 0.3) is 0 Å². The lowest BCUT2D eigenvalue weighted by Crippen LogP contribution is -2.38. The summed E-state index contributed by atoms with van der Waals surface area (Å²) in [7, 11) is -7.31. The maximum Gasteiger partial charge on any atom is 0.250 e. The third kappa shape index (κ3) is 4.76. The van der Waals surface area contributed by atoms with Gasteiger partial charge in [0.15, 0.2) is 0 Å². The second-order valence-corrected chi connectivity index (χ2v) is 10.3. The van der Waals surface area contributed by atoms with Gasteiger partial charge in [0.05, 0.1) is 11.9 Å². The number of nitrogens with zero attached hydrogens (tertiary/aromatic N) is 1. The quantitative estimate of drug-likeness (QED) is 0.781. The Labute approximate surface area is 145 Å². The Hall–Kier alpha value is -1.49. The molecule has 0 saturated heterocycles. The zero-order chi connectivity index (χ0) is 18.0. The van der Waals surface area contributed by atoms with E-state index in [0.717, 1.165) is 38.9 Å². The maximum atomic E-state index is 13.0. The maximum absolute atomic E-state index is 13.0. The van der Waals surface area contributed by atoms with E-state index in [-0.39, 0.29) is 23.0 Å². The smallest absolute Gasteiger partial charge is 0.250 e. The molecule has 2 rings (SSSR count). The van der Waals surface area contributed by atoms with Crippen molar-refractivity contribution in [1.29, 1.82) is 0 Å². The van der Waals surface area contributed by atoms with E-state index >= 15 is 0 Å². The zero-order valence-corrected chi connectivity index (χ0v) is 15.5. The van der Waals surface area contributed by atoms with Crippen LogP contribution in [0.1, 0.15) is 4.88 Å². The number of nitrogens with one attached hydrogen (secondary N) is 1. The zero-order valence-electron chi connectivity index (χ0n) is 13.1. The third-order valence-corrected chi connectivity index (χ3v) is 7.25. The molecule has 10 heteroatoms. The molecule has 0 amide bonds. The topological polar surface area (TPSA) is 83.6 Å². The second kappa shape index (κ2) is 7.18. The van der Waals surface area contributed by atoms with Gasteiger partial charge in [-0.25, -0.2) is 25.9 Å². The minimum absolute atomic E-state index is 0.103. The van der Waals surface area contributed by atoms with Crippen LogP contribution in [0.5, 0.6) is 0 Å². The minimum atomic E-state index is -3.68. The van der Waals surface area contributed by atoms with Crippen LogP contribution in [0, 0.1) is 12.7 Å². The van der Waals surface area contributed by atoms with Gasteiger partial charge in [0.1, 0.15) is 10.0 Å². The lowest BCUT2D eigenvalue weighted by molar-refractivity contribution is 0.580. The summed E-state index contributed by atoms with van der Waals surface area (Å²) in [6, 6.07) is 8.14. The van der Waals surface area contributed by atoms with Crippen LogP contribution >= 0.6 is 11.3 Å². The molecule has 0 aliphatic heterocycles. The highest BCUT2D eigenvalue weighted by molar-refractivity contribution is 7.92. The van der Waals surface area contributed by atoms with Gasteiger partial charge in [-0.1, -0.05) is 0 Å². The molecule has 0 bridgehead atoms. The van der Waals surface area contributed by atoms with Crippen LogP contribution in [0.3, 0.4) is 0 Å². The predicted octanol–water partition coefficient (Wildman–Crippen LogP) is 1.94. The molecule has 1 aromatic heterocycles. The van der Waals surface area contributed by atoms with Gasteiger partial charge in [0.2, 0.25) is 20.0 Å². The first-order valence-corrected chi connectivity index (χ1v) is 11.0. The molecule has 0 spiro atoms. The number of sulfonamides is 2. The summed E-state index contributed by atoms with van der Waals surface area (Å²) in [4.78, 5) is 0.861. The summed E-state index contributed by atoms with van der Waals surface area (Å²) in [5.41, 5.74) is 0.269. The molecule has 0 saturated carbocycles. The molecule has 1 N–H and O–H groups in total. The standard InChI is InChI=1S/C14H17FN2O4S3/c1-11-3-8-14(22-11)24(20,21)16-9-10-17(23(2,18)19)13-6-4-12(15)5-7-13/h3-8,16H,9-10H2,1-2H3. The summed E-state index contributed by atoms with van der Waals surface area (Å²) in [6.07, 6.45) is 1.01. The number of thiophene rings is 1. The van der Waals surface area contributed by atoms with Crippen molar-refractivity contribution >= 4 is 37.1 Å². The number of hydrogen-bond acceptors (Lipinski definition) is 5. The van der Waals surface area contributed by atoms with Crippen molar-refractivity contribution in [2.75, 3.05) is 23.7 Å². The molecule has 132 valence electrons. The van der Waals surface area contributed by atoms with E-state index < -0.39 is 25.9 Å². The van der Waals surface area contributed by atoms with E-state index in [2.05, 4.69) is 4.72 Å². The Kier molecular flexibility index (Phi) is 5.63. The summed E-state index contributed by atoms with van der Waals surface area (Å²) in [5, 5.41) is 0.